The van der Waals surface area contributed by atoms with Gasteiger partial charge in [-0.05, 0) is 44.0 Å². The first-order valence-corrected chi connectivity index (χ1v) is 8.65. The van der Waals surface area contributed by atoms with E-state index in [0.29, 0.717) is 6.54 Å². The van der Waals surface area contributed by atoms with Gasteiger partial charge in [-0.3, -0.25) is 0 Å². The van der Waals surface area contributed by atoms with Crippen molar-refractivity contribution in [3.63, 3.8) is 0 Å². The van der Waals surface area contributed by atoms with Crippen LogP contribution in [-0.4, -0.2) is 19.6 Å². The molecule has 5 nitrogen and oxygen atoms in total. The predicted octanol–water partition coefficient (Wildman–Crippen LogP) is 3.12. The number of aryl methyl sites for hydroxylation is 3. The van der Waals surface area contributed by atoms with Crippen LogP contribution in [0.15, 0.2) is 61.1 Å². The van der Waals surface area contributed by atoms with Gasteiger partial charge in [0.2, 0.25) is 6.33 Å². The van der Waals surface area contributed by atoms with E-state index < -0.39 is 0 Å². The summed E-state index contributed by atoms with van der Waals surface area (Å²) in [6, 6.07) is 14.4. The number of rotatable bonds is 4. The van der Waals surface area contributed by atoms with Crippen LogP contribution in [0.4, 0.5) is 0 Å². The Hall–Kier alpha value is -3.21. The number of benzene rings is 2. The molecule has 26 heavy (non-hydrogen) atoms. The topological polar surface area (TPSA) is 39.5 Å². The number of nitrogens with zero attached hydrogens (tertiary/aromatic N) is 5. The van der Waals surface area contributed by atoms with E-state index in [2.05, 4.69) is 49.5 Å². The van der Waals surface area contributed by atoms with Gasteiger partial charge in [-0.1, -0.05) is 41.1 Å². The summed E-state index contributed by atoms with van der Waals surface area (Å²) in [6.45, 7) is 7.03. The van der Waals surface area contributed by atoms with Crippen LogP contribution in [0.2, 0.25) is 0 Å². The zero-order valence-electron chi connectivity index (χ0n) is 15.2. The smallest absolute Gasteiger partial charge is 0.243 e. The maximum atomic E-state index is 4.28. The second-order valence-corrected chi connectivity index (χ2v) is 6.63. The third-order valence-corrected chi connectivity index (χ3v) is 4.40. The minimum atomic E-state index is 0.629. The highest BCUT2D eigenvalue weighted by Gasteiger charge is 2.09. The Labute approximate surface area is 153 Å². The van der Waals surface area contributed by atoms with Gasteiger partial charge in [-0.2, -0.15) is 0 Å². The number of aromatic nitrogens is 5. The fraction of sp³-hybridized carbons (Fsp3) is 0.190. The van der Waals surface area contributed by atoms with Crippen molar-refractivity contribution in [1.29, 1.82) is 0 Å². The molecule has 0 atom stereocenters. The van der Waals surface area contributed by atoms with Crippen molar-refractivity contribution in [2.45, 2.75) is 27.3 Å². The molecule has 0 radical (unpaired) electrons. The van der Waals surface area contributed by atoms with Crippen molar-refractivity contribution < 1.29 is 4.57 Å². The molecule has 5 heteroatoms. The summed E-state index contributed by atoms with van der Waals surface area (Å²) in [4.78, 5) is 0. The lowest BCUT2D eigenvalue weighted by Gasteiger charge is -2.12. The van der Waals surface area contributed by atoms with E-state index in [4.69, 9.17) is 0 Å². The van der Waals surface area contributed by atoms with Gasteiger partial charge in [0.05, 0.1) is 17.6 Å². The Morgan fingerprint density at radius 2 is 1.77 bits per heavy atom. The quantitative estimate of drug-likeness (QED) is 0.422. The van der Waals surface area contributed by atoms with Crippen LogP contribution in [0.5, 0.6) is 0 Å². The molecule has 0 fully saturated rings. The zero-order valence-corrected chi connectivity index (χ0v) is 15.2. The summed E-state index contributed by atoms with van der Waals surface area (Å²) in [5.74, 6) is 0. The maximum Gasteiger partial charge on any atom is 0.243 e. The van der Waals surface area contributed by atoms with Crippen molar-refractivity contribution in [3.05, 3.63) is 89.8 Å². The fourth-order valence-electron chi connectivity index (χ4n) is 3.37. The van der Waals surface area contributed by atoms with E-state index in [9.17, 15) is 0 Å². The third kappa shape index (κ3) is 3.16. The van der Waals surface area contributed by atoms with E-state index in [-0.39, 0.29) is 0 Å². The van der Waals surface area contributed by atoms with Crippen molar-refractivity contribution in [3.8, 4) is 11.4 Å². The normalized spacial score (nSPS) is 11.0. The Morgan fingerprint density at radius 1 is 1.04 bits per heavy atom. The van der Waals surface area contributed by atoms with Crippen molar-refractivity contribution in [2.75, 3.05) is 0 Å². The molecule has 0 N–H and O–H groups in total. The van der Waals surface area contributed by atoms with Crippen LogP contribution in [0.1, 0.15) is 22.4 Å². The van der Waals surface area contributed by atoms with E-state index in [0.717, 1.165) is 11.4 Å². The Balaban J connectivity index is 1.58. The van der Waals surface area contributed by atoms with Crippen molar-refractivity contribution in [1.82, 2.24) is 19.6 Å². The Morgan fingerprint density at radius 3 is 2.50 bits per heavy atom. The van der Waals surface area contributed by atoms with Crippen LogP contribution >= 0.6 is 0 Å². The number of para-hydroxylation sites is 1. The van der Waals surface area contributed by atoms with Crippen LogP contribution < -0.4 is 4.57 Å². The summed E-state index contributed by atoms with van der Waals surface area (Å²) in [5, 5.41) is 8.50. The monoisotopic (exact) mass is 343 g/mol. The van der Waals surface area contributed by atoms with Gasteiger partial charge in [-0.15, -0.1) is 5.10 Å². The minimum absolute atomic E-state index is 0.629. The molecule has 0 spiro atoms. The molecule has 2 heterocycles. The Kier molecular flexibility index (Phi) is 4.13. The summed E-state index contributed by atoms with van der Waals surface area (Å²) >= 11 is 0. The highest BCUT2D eigenvalue weighted by atomic mass is 15.4. The van der Waals surface area contributed by atoms with Crippen LogP contribution in [0.25, 0.3) is 11.4 Å². The van der Waals surface area contributed by atoms with Gasteiger partial charge in [0.15, 0.2) is 0 Å². The predicted molar refractivity (Wildman–Crippen MR) is 99.5 cm³/mol. The molecule has 0 aliphatic heterocycles. The number of hydrogen-bond donors (Lipinski definition) is 0. The van der Waals surface area contributed by atoms with E-state index in [1.807, 2.05) is 58.1 Å². The molecule has 0 saturated carbocycles. The van der Waals surface area contributed by atoms with Gasteiger partial charge in [-0.25, -0.2) is 4.68 Å². The van der Waals surface area contributed by atoms with E-state index in [1.54, 1.807) is 4.68 Å². The molecule has 4 aromatic rings. The lowest BCUT2D eigenvalue weighted by molar-refractivity contribution is -0.600. The lowest BCUT2D eigenvalue weighted by Crippen LogP contribution is -2.31. The Bertz CT molecular complexity index is 1020. The summed E-state index contributed by atoms with van der Waals surface area (Å²) in [6.07, 6.45) is 9.39. The van der Waals surface area contributed by atoms with Gasteiger partial charge in [0.1, 0.15) is 12.2 Å². The molecule has 0 saturated heterocycles. The maximum absolute atomic E-state index is 4.28. The molecule has 130 valence electrons. The molecule has 2 aromatic heterocycles. The fourth-order valence-corrected chi connectivity index (χ4v) is 3.37. The second-order valence-electron chi connectivity index (χ2n) is 6.63. The van der Waals surface area contributed by atoms with Gasteiger partial charge in [0, 0.05) is 12.4 Å². The average molecular weight is 343 g/mol. The molecule has 4 rings (SSSR count). The van der Waals surface area contributed by atoms with E-state index >= 15 is 0 Å². The first-order valence-electron chi connectivity index (χ1n) is 8.65. The van der Waals surface area contributed by atoms with Crippen molar-refractivity contribution in [2.24, 2.45) is 0 Å². The third-order valence-electron chi connectivity index (χ3n) is 4.40. The molecule has 2 aromatic carbocycles. The summed E-state index contributed by atoms with van der Waals surface area (Å²) < 4.78 is 5.84. The summed E-state index contributed by atoms with van der Waals surface area (Å²) in [5.41, 5.74) is 6.85. The molecule has 0 aliphatic carbocycles. The SMILES string of the molecule is Cc1cc(C)c(-[n+]2[c-]n(Cc3cn(-c4ccccc4)nn3)cc2)c(C)c1. The molecule has 0 bridgehead atoms. The molecule has 0 unspecified atom stereocenters. The van der Waals surface area contributed by atoms with Gasteiger partial charge >= 0.3 is 0 Å². The lowest BCUT2D eigenvalue weighted by atomic mass is 10.1. The zero-order chi connectivity index (χ0) is 18.1. The van der Waals surface area contributed by atoms with Crippen LogP contribution in [0.3, 0.4) is 0 Å². The first kappa shape index (κ1) is 16.3. The molecular weight excluding hydrogens is 322 g/mol. The van der Waals surface area contributed by atoms with Crippen molar-refractivity contribution >= 4 is 0 Å². The summed E-state index contributed by atoms with van der Waals surface area (Å²) in [7, 11) is 0. The molecular formula is C21H21N5. The first-order chi connectivity index (χ1) is 12.6. The van der Waals surface area contributed by atoms with Crippen LogP contribution in [0, 0.1) is 27.1 Å². The van der Waals surface area contributed by atoms with Gasteiger partial charge in [0.25, 0.3) is 0 Å². The second kappa shape index (κ2) is 6.59. The van der Waals surface area contributed by atoms with Crippen LogP contribution in [-0.2, 0) is 6.54 Å². The molecule has 0 amide bonds. The van der Waals surface area contributed by atoms with Gasteiger partial charge < -0.3 is 9.13 Å². The molecule has 0 aliphatic rings. The minimum Gasteiger partial charge on any atom is -0.326 e. The van der Waals surface area contributed by atoms with E-state index in [1.165, 1.54) is 22.4 Å². The number of imidazole rings is 1. The average Bonchev–Trinajstić information content (AvgIpc) is 3.25. The highest BCUT2D eigenvalue weighted by molar-refractivity contribution is 5.43. The largest absolute Gasteiger partial charge is 0.326 e. The standard InChI is InChI=1S/C21H21N5/c1-16-11-17(2)21(18(3)12-16)25-10-9-24(15-25)13-19-14-26(23-22-19)20-7-5-4-6-8-20/h4-12,14H,13H2,1-3H3. The highest BCUT2D eigenvalue weighted by Crippen LogP contribution is 2.16. The number of hydrogen-bond acceptors (Lipinski definition) is 2.